The van der Waals surface area contributed by atoms with Crippen LogP contribution in [-0.2, 0) is 6.54 Å². The van der Waals surface area contributed by atoms with E-state index in [1.54, 1.807) is 12.1 Å². The Bertz CT molecular complexity index is 1060. The number of fused-ring (bicyclic) bond motifs is 1. The van der Waals surface area contributed by atoms with Crippen molar-refractivity contribution in [1.29, 1.82) is 0 Å². The molecule has 0 atom stereocenters. The first kappa shape index (κ1) is 16.8. The third-order valence-corrected chi connectivity index (χ3v) is 4.15. The molecule has 0 aliphatic heterocycles. The van der Waals surface area contributed by atoms with Crippen molar-refractivity contribution >= 4 is 22.8 Å². The molecule has 0 unspecified atom stereocenters. The first-order valence-corrected chi connectivity index (χ1v) is 8.52. The molecule has 4 rings (SSSR count). The summed E-state index contributed by atoms with van der Waals surface area (Å²) in [5.41, 5.74) is 4.21. The van der Waals surface area contributed by atoms with Crippen LogP contribution in [0.15, 0.2) is 72.8 Å². The molecule has 4 aromatic rings. The molecule has 27 heavy (non-hydrogen) atoms. The maximum atomic E-state index is 12.9. The van der Waals surface area contributed by atoms with Crippen LogP contribution in [0, 0.1) is 5.82 Å². The molecule has 6 heteroatoms. The molecule has 0 aliphatic carbocycles. The zero-order valence-electron chi connectivity index (χ0n) is 14.4. The second-order valence-corrected chi connectivity index (χ2v) is 6.12. The molecular formula is C21H17FN4O. The minimum absolute atomic E-state index is 0.300. The number of amides is 2. The first-order valence-electron chi connectivity index (χ1n) is 8.52. The molecular weight excluding hydrogens is 343 g/mol. The third-order valence-electron chi connectivity index (χ3n) is 4.15. The van der Waals surface area contributed by atoms with Gasteiger partial charge in [0.15, 0.2) is 0 Å². The van der Waals surface area contributed by atoms with Crippen LogP contribution in [0.3, 0.4) is 0 Å². The number of urea groups is 1. The van der Waals surface area contributed by atoms with Gasteiger partial charge < -0.3 is 15.6 Å². The smallest absolute Gasteiger partial charge is 0.319 e. The molecule has 0 saturated carbocycles. The summed E-state index contributed by atoms with van der Waals surface area (Å²) in [6, 6.07) is 20.9. The number of carbonyl (C=O) groups is 1. The molecule has 0 aliphatic rings. The summed E-state index contributed by atoms with van der Waals surface area (Å²) in [5, 5.41) is 5.55. The largest absolute Gasteiger partial charge is 0.338 e. The van der Waals surface area contributed by atoms with Crippen LogP contribution in [0.4, 0.5) is 14.9 Å². The van der Waals surface area contributed by atoms with Crippen LogP contribution >= 0.6 is 0 Å². The molecule has 134 valence electrons. The van der Waals surface area contributed by atoms with Gasteiger partial charge in [-0.15, -0.1) is 0 Å². The average molecular weight is 360 g/mol. The Balaban J connectivity index is 1.44. The number of aromatic nitrogens is 2. The van der Waals surface area contributed by atoms with Crippen molar-refractivity contribution in [3.05, 3.63) is 84.2 Å². The molecule has 0 saturated heterocycles. The fourth-order valence-electron chi connectivity index (χ4n) is 2.79. The Kier molecular flexibility index (Phi) is 4.53. The number of hydrogen-bond donors (Lipinski definition) is 3. The normalized spacial score (nSPS) is 10.7. The average Bonchev–Trinajstić information content (AvgIpc) is 3.12. The van der Waals surface area contributed by atoms with Gasteiger partial charge in [-0.1, -0.05) is 36.4 Å². The van der Waals surface area contributed by atoms with Crippen LogP contribution < -0.4 is 10.6 Å². The lowest BCUT2D eigenvalue weighted by Crippen LogP contribution is -2.28. The van der Waals surface area contributed by atoms with Gasteiger partial charge in [0.25, 0.3) is 0 Å². The third kappa shape index (κ3) is 3.95. The van der Waals surface area contributed by atoms with Crippen LogP contribution in [0.5, 0.6) is 0 Å². The quantitative estimate of drug-likeness (QED) is 0.494. The number of hydrogen-bond acceptors (Lipinski definition) is 2. The summed E-state index contributed by atoms with van der Waals surface area (Å²) < 4.78 is 12.9. The predicted octanol–water partition coefficient (Wildman–Crippen LogP) is 4.69. The SMILES string of the molecule is O=C(NCc1ccc(F)cc1)Nc1cccc(-c2nc3ccccc3[nH]2)c1. The van der Waals surface area contributed by atoms with E-state index in [1.165, 1.54) is 12.1 Å². The maximum absolute atomic E-state index is 12.9. The van der Waals surface area contributed by atoms with Gasteiger partial charge >= 0.3 is 6.03 Å². The lowest BCUT2D eigenvalue weighted by atomic mass is 10.2. The van der Waals surface area contributed by atoms with Gasteiger partial charge in [-0.2, -0.15) is 0 Å². The summed E-state index contributed by atoms with van der Waals surface area (Å²) in [6.45, 7) is 0.315. The lowest BCUT2D eigenvalue weighted by molar-refractivity contribution is 0.251. The Morgan fingerprint density at radius 3 is 2.63 bits per heavy atom. The van der Waals surface area contributed by atoms with Crippen molar-refractivity contribution in [1.82, 2.24) is 15.3 Å². The van der Waals surface area contributed by atoms with Gasteiger partial charge in [-0.05, 0) is 42.0 Å². The number of aromatic amines is 1. The Labute approximate surface area is 155 Å². The van der Waals surface area contributed by atoms with E-state index in [1.807, 2.05) is 48.5 Å². The molecule has 1 aromatic heterocycles. The van der Waals surface area contributed by atoms with Crippen molar-refractivity contribution in [3.63, 3.8) is 0 Å². The summed E-state index contributed by atoms with van der Waals surface area (Å²) in [4.78, 5) is 20.0. The highest BCUT2D eigenvalue weighted by Gasteiger charge is 2.07. The zero-order chi connectivity index (χ0) is 18.6. The number of benzene rings is 3. The van der Waals surface area contributed by atoms with Crippen molar-refractivity contribution in [2.75, 3.05) is 5.32 Å². The minimum Gasteiger partial charge on any atom is -0.338 e. The molecule has 3 N–H and O–H groups in total. The van der Waals surface area contributed by atoms with E-state index in [0.29, 0.717) is 12.2 Å². The summed E-state index contributed by atoms with van der Waals surface area (Å²) in [5.74, 6) is 0.442. The highest BCUT2D eigenvalue weighted by atomic mass is 19.1. The molecule has 0 bridgehead atoms. The van der Waals surface area contributed by atoms with Crippen LogP contribution in [0.1, 0.15) is 5.56 Å². The number of para-hydroxylation sites is 2. The molecule has 2 amide bonds. The first-order chi connectivity index (χ1) is 13.2. The maximum Gasteiger partial charge on any atom is 0.319 e. The molecule has 0 fully saturated rings. The summed E-state index contributed by atoms with van der Waals surface area (Å²) in [7, 11) is 0. The van der Waals surface area contributed by atoms with Crippen molar-refractivity contribution < 1.29 is 9.18 Å². The fourth-order valence-corrected chi connectivity index (χ4v) is 2.79. The van der Waals surface area contributed by atoms with Gasteiger partial charge in [-0.25, -0.2) is 14.2 Å². The number of imidazole rings is 1. The number of rotatable bonds is 4. The van der Waals surface area contributed by atoms with Gasteiger partial charge in [0.2, 0.25) is 0 Å². The minimum atomic E-state index is -0.332. The van der Waals surface area contributed by atoms with Crippen LogP contribution in [0.2, 0.25) is 0 Å². The monoisotopic (exact) mass is 360 g/mol. The molecule has 0 radical (unpaired) electrons. The van der Waals surface area contributed by atoms with E-state index >= 15 is 0 Å². The van der Waals surface area contributed by atoms with Crippen LogP contribution in [0.25, 0.3) is 22.4 Å². The van der Waals surface area contributed by atoms with Gasteiger partial charge in [0, 0.05) is 17.8 Å². The summed E-state index contributed by atoms with van der Waals surface area (Å²) >= 11 is 0. The standard InChI is InChI=1S/C21H17FN4O/c22-16-10-8-14(9-11-16)13-23-21(27)24-17-5-3-4-15(12-17)20-25-18-6-1-2-7-19(18)26-20/h1-12H,13H2,(H,25,26)(H2,23,24,27). The lowest BCUT2D eigenvalue weighted by Gasteiger charge is -2.08. The highest BCUT2D eigenvalue weighted by molar-refractivity contribution is 5.90. The van der Waals surface area contributed by atoms with E-state index in [0.717, 1.165) is 28.0 Å². The van der Waals surface area contributed by atoms with Crippen LogP contribution in [-0.4, -0.2) is 16.0 Å². The van der Waals surface area contributed by atoms with Gasteiger partial charge in [0.1, 0.15) is 11.6 Å². The van der Waals surface area contributed by atoms with E-state index in [4.69, 9.17) is 0 Å². The number of H-pyrrole nitrogens is 1. The highest BCUT2D eigenvalue weighted by Crippen LogP contribution is 2.23. The predicted molar refractivity (Wildman–Crippen MR) is 104 cm³/mol. The zero-order valence-corrected chi connectivity index (χ0v) is 14.4. The fraction of sp³-hybridized carbons (Fsp3) is 0.0476. The van der Waals surface area contributed by atoms with Crippen molar-refractivity contribution in [3.8, 4) is 11.4 Å². The van der Waals surface area contributed by atoms with E-state index in [9.17, 15) is 9.18 Å². The second-order valence-electron chi connectivity index (χ2n) is 6.12. The van der Waals surface area contributed by atoms with Crippen molar-refractivity contribution in [2.24, 2.45) is 0 Å². The number of nitrogens with zero attached hydrogens (tertiary/aromatic N) is 1. The Morgan fingerprint density at radius 2 is 1.81 bits per heavy atom. The van der Waals surface area contributed by atoms with Crippen molar-refractivity contribution in [2.45, 2.75) is 6.54 Å². The molecule has 5 nitrogen and oxygen atoms in total. The number of carbonyl (C=O) groups excluding carboxylic acids is 1. The molecule has 3 aromatic carbocycles. The second kappa shape index (κ2) is 7.29. The molecule has 1 heterocycles. The van der Waals surface area contributed by atoms with Gasteiger partial charge in [-0.3, -0.25) is 0 Å². The topological polar surface area (TPSA) is 69.8 Å². The van der Waals surface area contributed by atoms with E-state index < -0.39 is 0 Å². The Hall–Kier alpha value is -3.67. The number of nitrogens with one attached hydrogen (secondary N) is 3. The van der Waals surface area contributed by atoms with Gasteiger partial charge in [0.05, 0.1) is 11.0 Å². The Morgan fingerprint density at radius 1 is 1.00 bits per heavy atom. The summed E-state index contributed by atoms with van der Waals surface area (Å²) in [6.07, 6.45) is 0. The van der Waals surface area contributed by atoms with E-state index in [-0.39, 0.29) is 11.8 Å². The number of halogens is 1. The number of anilines is 1. The van der Waals surface area contributed by atoms with E-state index in [2.05, 4.69) is 20.6 Å². The molecule has 0 spiro atoms.